The predicted octanol–water partition coefficient (Wildman–Crippen LogP) is 2.52. The number of amides is 1. The lowest BCUT2D eigenvalue weighted by atomic mass is 9.98. The first-order valence-corrected chi connectivity index (χ1v) is 6.69. The van der Waals surface area contributed by atoms with Crippen molar-refractivity contribution in [1.82, 2.24) is 4.90 Å². The van der Waals surface area contributed by atoms with Crippen LogP contribution in [0.15, 0.2) is 16.7 Å². The van der Waals surface area contributed by atoms with E-state index in [9.17, 15) is 9.59 Å². The monoisotopic (exact) mass is 265 g/mol. The summed E-state index contributed by atoms with van der Waals surface area (Å²) in [6.07, 6.45) is 4.89. The van der Waals surface area contributed by atoms with Crippen LogP contribution in [0.1, 0.15) is 48.7 Å². The standard InChI is InChI=1S/C14H19NO4/c1-2-10-3-4-13(16)15(7-5-10)9-12-11(14(17)18)6-8-19-12/h6,8,10H,2-5,7,9H2,1H3,(H,17,18). The fourth-order valence-corrected chi connectivity index (χ4v) is 2.50. The van der Waals surface area contributed by atoms with Crippen LogP contribution in [0, 0.1) is 5.92 Å². The summed E-state index contributed by atoms with van der Waals surface area (Å²) in [6, 6.07) is 1.43. The molecule has 1 aromatic rings. The van der Waals surface area contributed by atoms with E-state index < -0.39 is 5.97 Å². The van der Waals surface area contributed by atoms with Crippen LogP contribution in [-0.2, 0) is 11.3 Å². The Morgan fingerprint density at radius 2 is 2.32 bits per heavy atom. The Hall–Kier alpha value is -1.78. The first-order chi connectivity index (χ1) is 9.11. The van der Waals surface area contributed by atoms with Crippen LogP contribution in [0.2, 0.25) is 0 Å². The van der Waals surface area contributed by atoms with Gasteiger partial charge in [-0.3, -0.25) is 4.79 Å². The molecule has 1 aromatic heterocycles. The average molecular weight is 265 g/mol. The Labute approximate surface area is 112 Å². The zero-order valence-electron chi connectivity index (χ0n) is 11.1. The first kappa shape index (κ1) is 13.6. The number of aromatic carboxylic acids is 1. The Morgan fingerprint density at radius 1 is 1.53 bits per heavy atom. The molecule has 0 radical (unpaired) electrons. The van der Waals surface area contributed by atoms with E-state index in [0.717, 1.165) is 19.3 Å². The van der Waals surface area contributed by atoms with Crippen LogP contribution >= 0.6 is 0 Å². The molecule has 2 heterocycles. The van der Waals surface area contributed by atoms with Crippen molar-refractivity contribution in [3.8, 4) is 0 Å². The highest BCUT2D eigenvalue weighted by atomic mass is 16.4. The van der Waals surface area contributed by atoms with E-state index in [1.165, 1.54) is 12.3 Å². The molecule has 1 unspecified atom stereocenters. The second-order valence-electron chi connectivity index (χ2n) is 4.98. The molecule has 1 aliphatic rings. The maximum absolute atomic E-state index is 12.0. The van der Waals surface area contributed by atoms with E-state index in [-0.39, 0.29) is 18.0 Å². The van der Waals surface area contributed by atoms with Gasteiger partial charge in [0.05, 0.1) is 12.8 Å². The summed E-state index contributed by atoms with van der Waals surface area (Å²) in [4.78, 5) is 24.7. The number of nitrogens with zero attached hydrogens (tertiary/aromatic N) is 1. The number of hydrogen-bond donors (Lipinski definition) is 1. The smallest absolute Gasteiger partial charge is 0.339 e. The van der Waals surface area contributed by atoms with Gasteiger partial charge in [0.15, 0.2) is 0 Å². The Morgan fingerprint density at radius 3 is 3.00 bits per heavy atom. The van der Waals surface area contributed by atoms with Gasteiger partial charge in [0.2, 0.25) is 5.91 Å². The molecule has 0 aromatic carbocycles. The molecule has 1 N–H and O–H groups in total. The van der Waals surface area contributed by atoms with Crippen molar-refractivity contribution >= 4 is 11.9 Å². The molecular formula is C14H19NO4. The van der Waals surface area contributed by atoms with Gasteiger partial charge in [0.25, 0.3) is 0 Å². The quantitative estimate of drug-likeness (QED) is 0.908. The zero-order chi connectivity index (χ0) is 13.8. The summed E-state index contributed by atoms with van der Waals surface area (Å²) >= 11 is 0. The van der Waals surface area contributed by atoms with Crippen molar-refractivity contribution in [3.05, 3.63) is 23.7 Å². The number of carboxylic acid groups (broad SMARTS) is 1. The summed E-state index contributed by atoms with van der Waals surface area (Å²) in [7, 11) is 0. The topological polar surface area (TPSA) is 70.8 Å². The lowest BCUT2D eigenvalue weighted by molar-refractivity contribution is -0.131. The number of furan rings is 1. The fourth-order valence-electron chi connectivity index (χ4n) is 2.50. The van der Waals surface area contributed by atoms with Gasteiger partial charge in [-0.25, -0.2) is 4.79 Å². The van der Waals surface area contributed by atoms with Crippen LogP contribution in [-0.4, -0.2) is 28.4 Å². The second kappa shape index (κ2) is 5.91. The number of carbonyl (C=O) groups excluding carboxylic acids is 1. The van der Waals surface area contributed by atoms with Crippen molar-refractivity contribution in [2.24, 2.45) is 5.92 Å². The highest BCUT2D eigenvalue weighted by Crippen LogP contribution is 2.23. The minimum Gasteiger partial charge on any atom is -0.478 e. The van der Waals surface area contributed by atoms with Crippen molar-refractivity contribution in [3.63, 3.8) is 0 Å². The van der Waals surface area contributed by atoms with Crippen molar-refractivity contribution < 1.29 is 19.1 Å². The zero-order valence-corrected chi connectivity index (χ0v) is 11.1. The van der Waals surface area contributed by atoms with E-state index in [1.54, 1.807) is 4.90 Å². The lowest BCUT2D eigenvalue weighted by Gasteiger charge is -2.19. The number of likely N-dealkylation sites (tertiary alicyclic amines) is 1. The van der Waals surface area contributed by atoms with Crippen molar-refractivity contribution in [2.45, 2.75) is 39.2 Å². The van der Waals surface area contributed by atoms with E-state index >= 15 is 0 Å². The summed E-state index contributed by atoms with van der Waals surface area (Å²) in [5, 5.41) is 9.02. The number of rotatable bonds is 4. The van der Waals surface area contributed by atoms with Gasteiger partial charge in [-0.2, -0.15) is 0 Å². The highest BCUT2D eigenvalue weighted by molar-refractivity contribution is 5.88. The van der Waals surface area contributed by atoms with Crippen molar-refractivity contribution in [2.75, 3.05) is 6.54 Å². The van der Waals surface area contributed by atoms with Crippen LogP contribution in [0.25, 0.3) is 0 Å². The third kappa shape index (κ3) is 3.16. The first-order valence-electron chi connectivity index (χ1n) is 6.69. The Bertz CT molecular complexity index is 466. The van der Waals surface area contributed by atoms with E-state index in [1.807, 2.05) is 0 Å². The molecule has 2 rings (SSSR count). The molecule has 0 bridgehead atoms. The van der Waals surface area contributed by atoms with Crippen LogP contribution < -0.4 is 0 Å². The molecule has 1 amide bonds. The molecule has 0 saturated carbocycles. The van der Waals surface area contributed by atoms with Gasteiger partial charge >= 0.3 is 5.97 Å². The summed E-state index contributed by atoms with van der Waals surface area (Å²) < 4.78 is 5.20. The SMILES string of the molecule is CCC1CCC(=O)N(Cc2occc2C(=O)O)CC1. The second-order valence-corrected chi connectivity index (χ2v) is 4.98. The molecule has 0 aliphatic carbocycles. The predicted molar refractivity (Wildman–Crippen MR) is 68.7 cm³/mol. The number of carboxylic acids is 1. The molecule has 104 valence electrons. The molecule has 5 heteroatoms. The minimum absolute atomic E-state index is 0.0867. The van der Waals surface area contributed by atoms with Gasteiger partial charge in [0.1, 0.15) is 11.3 Å². The molecule has 1 atom stereocenters. The third-order valence-corrected chi connectivity index (χ3v) is 3.81. The molecule has 1 fully saturated rings. The maximum atomic E-state index is 12.0. The highest BCUT2D eigenvalue weighted by Gasteiger charge is 2.24. The molecule has 0 spiro atoms. The average Bonchev–Trinajstić information content (AvgIpc) is 2.77. The molecule has 1 saturated heterocycles. The van der Waals surface area contributed by atoms with E-state index in [2.05, 4.69) is 6.92 Å². The molecule has 19 heavy (non-hydrogen) atoms. The minimum atomic E-state index is -1.02. The van der Waals surface area contributed by atoms with Crippen LogP contribution in [0.5, 0.6) is 0 Å². The number of hydrogen-bond acceptors (Lipinski definition) is 3. The maximum Gasteiger partial charge on any atom is 0.339 e. The summed E-state index contributed by atoms with van der Waals surface area (Å²) in [5.74, 6) is 0.0152. The van der Waals surface area contributed by atoms with E-state index in [0.29, 0.717) is 24.6 Å². The summed E-state index contributed by atoms with van der Waals surface area (Å²) in [6.45, 7) is 3.07. The molecular weight excluding hydrogens is 246 g/mol. The largest absolute Gasteiger partial charge is 0.478 e. The van der Waals surface area contributed by atoms with Gasteiger partial charge in [-0.05, 0) is 24.8 Å². The van der Waals surface area contributed by atoms with E-state index in [4.69, 9.17) is 9.52 Å². The molecule has 1 aliphatic heterocycles. The third-order valence-electron chi connectivity index (χ3n) is 3.81. The van der Waals surface area contributed by atoms with Crippen molar-refractivity contribution in [1.29, 1.82) is 0 Å². The Kier molecular flexibility index (Phi) is 4.24. The van der Waals surface area contributed by atoms with Gasteiger partial charge < -0.3 is 14.4 Å². The van der Waals surface area contributed by atoms with Crippen LogP contribution in [0.3, 0.4) is 0 Å². The number of carbonyl (C=O) groups is 2. The summed E-state index contributed by atoms with van der Waals surface area (Å²) in [5.41, 5.74) is 0.143. The van der Waals surface area contributed by atoms with Gasteiger partial charge in [-0.1, -0.05) is 13.3 Å². The Balaban J connectivity index is 2.07. The molecule has 5 nitrogen and oxygen atoms in total. The normalized spacial score (nSPS) is 20.4. The van der Waals surface area contributed by atoms with Gasteiger partial charge in [0, 0.05) is 13.0 Å². The lowest BCUT2D eigenvalue weighted by Crippen LogP contribution is -2.30. The van der Waals surface area contributed by atoms with Crippen LogP contribution in [0.4, 0.5) is 0 Å². The van der Waals surface area contributed by atoms with Gasteiger partial charge in [-0.15, -0.1) is 0 Å². The fraction of sp³-hybridized carbons (Fsp3) is 0.571.